The highest BCUT2D eigenvalue weighted by Gasteiger charge is 2.10. The van der Waals surface area contributed by atoms with Gasteiger partial charge in [-0.3, -0.25) is 4.98 Å². The van der Waals surface area contributed by atoms with Crippen molar-refractivity contribution in [3.63, 3.8) is 0 Å². The van der Waals surface area contributed by atoms with E-state index >= 15 is 0 Å². The summed E-state index contributed by atoms with van der Waals surface area (Å²) in [7, 11) is 1.66. The fourth-order valence-electron chi connectivity index (χ4n) is 2.04. The molecule has 0 bridgehead atoms. The van der Waals surface area contributed by atoms with Crippen molar-refractivity contribution in [1.29, 1.82) is 0 Å². The summed E-state index contributed by atoms with van der Waals surface area (Å²) >= 11 is 1.61. The molecule has 96 valence electrons. The number of thiazole rings is 1. The third-order valence-electron chi connectivity index (χ3n) is 2.80. The minimum absolute atomic E-state index is 0.476. The molecule has 2 aromatic heterocycles. The molecular formula is C14H13N3OS. The normalized spacial score (nSPS) is 11.1. The van der Waals surface area contributed by atoms with Crippen LogP contribution in [0.15, 0.2) is 29.9 Å². The van der Waals surface area contributed by atoms with Gasteiger partial charge in [0.15, 0.2) is 0 Å². The molecule has 0 N–H and O–H groups in total. The molecule has 0 saturated carbocycles. The zero-order valence-electron chi connectivity index (χ0n) is 10.8. The standard InChI is InChI=1S/C14H13N3OS/c1-9-5-11(14-15-3-4-19-14)13-12(6-9)17-10(7-16-13)8-18-2/h3-7H,8H2,1-2H3. The van der Waals surface area contributed by atoms with Crippen LogP contribution in [0.2, 0.25) is 0 Å². The Morgan fingerprint density at radius 2 is 2.16 bits per heavy atom. The maximum atomic E-state index is 5.10. The number of rotatable bonds is 3. The lowest BCUT2D eigenvalue weighted by atomic mass is 10.1. The quantitative estimate of drug-likeness (QED) is 0.734. The number of nitrogens with zero attached hydrogens (tertiary/aromatic N) is 3. The highest BCUT2D eigenvalue weighted by molar-refractivity contribution is 7.13. The molecule has 0 aliphatic rings. The summed E-state index contributed by atoms with van der Waals surface area (Å²) in [5.74, 6) is 0. The first-order chi connectivity index (χ1) is 9.28. The van der Waals surface area contributed by atoms with E-state index in [1.807, 2.05) is 11.4 Å². The molecule has 0 radical (unpaired) electrons. The highest BCUT2D eigenvalue weighted by Crippen LogP contribution is 2.29. The largest absolute Gasteiger partial charge is 0.378 e. The fourth-order valence-corrected chi connectivity index (χ4v) is 2.70. The van der Waals surface area contributed by atoms with Gasteiger partial charge in [0, 0.05) is 24.3 Å². The Hall–Kier alpha value is -1.85. The second-order valence-electron chi connectivity index (χ2n) is 4.31. The average Bonchev–Trinajstić information content (AvgIpc) is 2.91. The van der Waals surface area contributed by atoms with Gasteiger partial charge >= 0.3 is 0 Å². The van der Waals surface area contributed by atoms with Crippen LogP contribution in [0.4, 0.5) is 0 Å². The number of benzene rings is 1. The average molecular weight is 271 g/mol. The smallest absolute Gasteiger partial charge is 0.125 e. The van der Waals surface area contributed by atoms with E-state index in [2.05, 4.69) is 27.9 Å². The molecule has 0 spiro atoms. The maximum Gasteiger partial charge on any atom is 0.125 e. The summed E-state index contributed by atoms with van der Waals surface area (Å²) in [6.45, 7) is 2.53. The molecule has 3 aromatic rings. The van der Waals surface area contributed by atoms with Crippen molar-refractivity contribution in [2.45, 2.75) is 13.5 Å². The molecule has 0 amide bonds. The lowest BCUT2D eigenvalue weighted by molar-refractivity contribution is 0.181. The molecule has 0 aliphatic heterocycles. The van der Waals surface area contributed by atoms with Gasteiger partial charge in [-0.1, -0.05) is 0 Å². The van der Waals surface area contributed by atoms with Crippen molar-refractivity contribution in [3.05, 3.63) is 41.2 Å². The third kappa shape index (κ3) is 2.34. The van der Waals surface area contributed by atoms with Gasteiger partial charge in [0.1, 0.15) is 5.01 Å². The van der Waals surface area contributed by atoms with Crippen molar-refractivity contribution >= 4 is 22.4 Å². The summed E-state index contributed by atoms with van der Waals surface area (Å²) < 4.78 is 5.10. The summed E-state index contributed by atoms with van der Waals surface area (Å²) in [4.78, 5) is 13.5. The van der Waals surface area contributed by atoms with E-state index in [-0.39, 0.29) is 0 Å². The Bertz CT molecular complexity index is 710. The van der Waals surface area contributed by atoms with E-state index < -0.39 is 0 Å². The predicted octanol–water partition coefficient (Wildman–Crippen LogP) is 3.21. The molecule has 0 saturated heterocycles. The Kier molecular flexibility index (Phi) is 3.23. The van der Waals surface area contributed by atoms with Crippen molar-refractivity contribution < 1.29 is 4.74 Å². The maximum absolute atomic E-state index is 5.10. The first kappa shape index (κ1) is 12.2. The Balaban J connectivity index is 2.23. The number of aryl methyl sites for hydroxylation is 1. The molecule has 2 heterocycles. The number of hydrogen-bond donors (Lipinski definition) is 0. The van der Waals surface area contributed by atoms with Crippen molar-refractivity contribution in [2.75, 3.05) is 7.11 Å². The van der Waals surface area contributed by atoms with E-state index in [1.54, 1.807) is 30.8 Å². The number of aromatic nitrogens is 3. The van der Waals surface area contributed by atoms with Crippen LogP contribution in [0, 0.1) is 6.92 Å². The van der Waals surface area contributed by atoms with Gasteiger partial charge in [0.05, 0.1) is 29.5 Å². The fraction of sp³-hybridized carbons (Fsp3) is 0.214. The zero-order valence-corrected chi connectivity index (χ0v) is 11.6. The second kappa shape index (κ2) is 5.03. The Morgan fingerprint density at radius 3 is 2.89 bits per heavy atom. The zero-order chi connectivity index (χ0) is 13.2. The SMILES string of the molecule is COCc1cnc2c(-c3nccs3)cc(C)cc2n1. The van der Waals surface area contributed by atoms with Crippen LogP contribution in [0.25, 0.3) is 21.6 Å². The number of methoxy groups -OCH3 is 1. The molecule has 0 unspecified atom stereocenters. The van der Waals surface area contributed by atoms with Crippen LogP contribution in [-0.4, -0.2) is 22.1 Å². The molecule has 1 aromatic carbocycles. The van der Waals surface area contributed by atoms with Crippen LogP contribution in [0.3, 0.4) is 0 Å². The lowest BCUT2D eigenvalue weighted by Gasteiger charge is -2.06. The van der Waals surface area contributed by atoms with Gasteiger partial charge in [0.2, 0.25) is 0 Å². The molecule has 5 heteroatoms. The van der Waals surface area contributed by atoms with Gasteiger partial charge < -0.3 is 4.74 Å². The van der Waals surface area contributed by atoms with Crippen molar-refractivity contribution in [1.82, 2.24) is 15.0 Å². The highest BCUT2D eigenvalue weighted by atomic mass is 32.1. The molecule has 0 atom stereocenters. The predicted molar refractivity (Wildman–Crippen MR) is 76.1 cm³/mol. The minimum atomic E-state index is 0.476. The summed E-state index contributed by atoms with van der Waals surface area (Å²) in [5, 5.41) is 2.94. The topological polar surface area (TPSA) is 47.9 Å². The number of fused-ring (bicyclic) bond motifs is 1. The van der Waals surface area contributed by atoms with E-state index in [1.165, 1.54) is 0 Å². The molecule has 3 rings (SSSR count). The van der Waals surface area contributed by atoms with E-state index in [0.29, 0.717) is 6.61 Å². The molecule has 4 nitrogen and oxygen atoms in total. The first-order valence-electron chi connectivity index (χ1n) is 5.93. The van der Waals surface area contributed by atoms with Crippen molar-refractivity contribution in [2.24, 2.45) is 0 Å². The number of ether oxygens (including phenoxy) is 1. The molecule has 0 aliphatic carbocycles. The third-order valence-corrected chi connectivity index (χ3v) is 3.60. The Morgan fingerprint density at radius 1 is 1.26 bits per heavy atom. The van der Waals surface area contributed by atoms with E-state index in [0.717, 1.165) is 32.9 Å². The van der Waals surface area contributed by atoms with Gasteiger partial charge in [-0.15, -0.1) is 11.3 Å². The van der Waals surface area contributed by atoms with Crippen molar-refractivity contribution in [3.8, 4) is 10.6 Å². The Labute approximate surface area is 115 Å². The summed E-state index contributed by atoms with van der Waals surface area (Å²) in [6, 6.07) is 4.14. The summed E-state index contributed by atoms with van der Waals surface area (Å²) in [6.07, 6.45) is 3.57. The molecule has 19 heavy (non-hydrogen) atoms. The van der Waals surface area contributed by atoms with Crippen LogP contribution >= 0.6 is 11.3 Å². The van der Waals surface area contributed by atoms with Crippen LogP contribution in [-0.2, 0) is 11.3 Å². The van der Waals surface area contributed by atoms with E-state index in [9.17, 15) is 0 Å². The summed E-state index contributed by atoms with van der Waals surface area (Å²) in [5.41, 5.74) is 4.81. The minimum Gasteiger partial charge on any atom is -0.378 e. The van der Waals surface area contributed by atoms with Crippen LogP contribution in [0.1, 0.15) is 11.3 Å². The van der Waals surface area contributed by atoms with Gasteiger partial charge in [-0.25, -0.2) is 9.97 Å². The van der Waals surface area contributed by atoms with Crippen LogP contribution in [0.5, 0.6) is 0 Å². The molecular weight excluding hydrogens is 258 g/mol. The number of hydrogen-bond acceptors (Lipinski definition) is 5. The lowest BCUT2D eigenvalue weighted by Crippen LogP contribution is -1.96. The van der Waals surface area contributed by atoms with Crippen LogP contribution < -0.4 is 0 Å². The van der Waals surface area contributed by atoms with Gasteiger partial charge in [-0.2, -0.15) is 0 Å². The monoisotopic (exact) mass is 271 g/mol. The van der Waals surface area contributed by atoms with Gasteiger partial charge in [0.25, 0.3) is 0 Å². The molecule has 0 fully saturated rings. The second-order valence-corrected chi connectivity index (χ2v) is 5.21. The van der Waals surface area contributed by atoms with E-state index in [4.69, 9.17) is 4.74 Å². The van der Waals surface area contributed by atoms with Gasteiger partial charge in [-0.05, 0) is 24.6 Å². The first-order valence-corrected chi connectivity index (χ1v) is 6.81.